The Morgan fingerprint density at radius 2 is 1.71 bits per heavy atom. The number of carboxylic acid groups (broad SMARTS) is 1. The quantitative estimate of drug-likeness (QED) is 0.791. The Kier molecular flexibility index (Phi) is 6.53. The number of amides is 1. The number of carbonyl (C=O) groups is 2. The Morgan fingerprint density at radius 1 is 1.04 bits per heavy atom. The summed E-state index contributed by atoms with van der Waals surface area (Å²) in [6.45, 7) is 1.87. The Hall–Kier alpha value is -3.02. The monoisotopic (exact) mass is 382 g/mol. The number of ether oxygens (including phenoxy) is 1. The zero-order chi connectivity index (χ0) is 19.9. The molecule has 1 saturated heterocycles. The third kappa shape index (κ3) is 5.03. The minimum Gasteiger partial charge on any atom is -0.497 e. The predicted molar refractivity (Wildman–Crippen MR) is 109 cm³/mol. The number of rotatable bonds is 6. The number of anilines is 2. The van der Waals surface area contributed by atoms with Crippen LogP contribution in [0.2, 0.25) is 0 Å². The van der Waals surface area contributed by atoms with Crippen molar-refractivity contribution in [1.29, 1.82) is 0 Å². The first-order chi connectivity index (χ1) is 13.6. The molecule has 0 aromatic heterocycles. The molecule has 1 heterocycles. The lowest BCUT2D eigenvalue weighted by atomic mass is 10.1. The summed E-state index contributed by atoms with van der Waals surface area (Å²) >= 11 is 0. The Bertz CT molecular complexity index is 825. The van der Waals surface area contributed by atoms with Gasteiger partial charge in [0.05, 0.1) is 24.8 Å². The van der Waals surface area contributed by atoms with Gasteiger partial charge in [-0.25, -0.2) is 4.79 Å². The van der Waals surface area contributed by atoms with Gasteiger partial charge in [-0.2, -0.15) is 0 Å². The van der Waals surface area contributed by atoms with Gasteiger partial charge in [-0.15, -0.1) is 0 Å². The largest absolute Gasteiger partial charge is 0.497 e. The second kappa shape index (κ2) is 9.26. The molecule has 0 radical (unpaired) electrons. The molecule has 2 aromatic carbocycles. The van der Waals surface area contributed by atoms with E-state index in [0.717, 1.165) is 42.9 Å². The van der Waals surface area contributed by atoms with Gasteiger partial charge in [-0.05, 0) is 48.7 Å². The van der Waals surface area contributed by atoms with Gasteiger partial charge in [0.1, 0.15) is 5.75 Å². The zero-order valence-corrected chi connectivity index (χ0v) is 16.1. The van der Waals surface area contributed by atoms with E-state index in [0.29, 0.717) is 5.69 Å². The van der Waals surface area contributed by atoms with E-state index in [1.807, 2.05) is 18.2 Å². The number of nitrogens with one attached hydrogen (secondary N) is 1. The standard InChI is InChI=1S/C22H26N2O4/c1-28-18-9-6-16(7-10-18)14-21(25)23-20-11-8-17(15-19(20)22(26)27)24-12-4-2-3-5-13-24/h6-11,15H,2-5,12-14H2,1H3,(H,23,25)(H,26,27). The highest BCUT2D eigenvalue weighted by Crippen LogP contribution is 2.26. The molecule has 0 saturated carbocycles. The molecule has 148 valence electrons. The van der Waals surface area contributed by atoms with E-state index < -0.39 is 5.97 Å². The number of methoxy groups -OCH3 is 1. The van der Waals surface area contributed by atoms with Crippen LogP contribution in [0.3, 0.4) is 0 Å². The molecule has 2 N–H and O–H groups in total. The summed E-state index contributed by atoms with van der Waals surface area (Å²) in [5.41, 5.74) is 2.17. The molecule has 1 amide bonds. The van der Waals surface area contributed by atoms with Gasteiger partial charge in [0.25, 0.3) is 0 Å². The Balaban J connectivity index is 1.72. The molecule has 6 nitrogen and oxygen atoms in total. The minimum absolute atomic E-state index is 0.116. The van der Waals surface area contributed by atoms with Crippen LogP contribution in [0.1, 0.15) is 41.6 Å². The van der Waals surface area contributed by atoms with E-state index in [9.17, 15) is 14.7 Å². The maximum absolute atomic E-state index is 12.4. The number of benzene rings is 2. The van der Waals surface area contributed by atoms with Crippen molar-refractivity contribution >= 4 is 23.3 Å². The van der Waals surface area contributed by atoms with Crippen molar-refractivity contribution in [2.45, 2.75) is 32.1 Å². The fourth-order valence-electron chi connectivity index (χ4n) is 3.47. The van der Waals surface area contributed by atoms with Gasteiger partial charge >= 0.3 is 5.97 Å². The summed E-state index contributed by atoms with van der Waals surface area (Å²) in [7, 11) is 1.59. The van der Waals surface area contributed by atoms with E-state index >= 15 is 0 Å². The van der Waals surface area contributed by atoms with Crippen LogP contribution in [0.15, 0.2) is 42.5 Å². The number of hydrogen-bond acceptors (Lipinski definition) is 4. The van der Waals surface area contributed by atoms with Gasteiger partial charge in [0.15, 0.2) is 0 Å². The van der Waals surface area contributed by atoms with Crippen molar-refractivity contribution < 1.29 is 19.4 Å². The van der Waals surface area contributed by atoms with Crippen molar-refractivity contribution in [2.24, 2.45) is 0 Å². The molecule has 1 aliphatic rings. The normalized spacial score (nSPS) is 14.2. The van der Waals surface area contributed by atoms with Crippen LogP contribution in [0.4, 0.5) is 11.4 Å². The number of hydrogen-bond donors (Lipinski definition) is 2. The number of aromatic carboxylic acids is 1. The lowest BCUT2D eigenvalue weighted by Gasteiger charge is -2.23. The Labute approximate surface area is 165 Å². The fraction of sp³-hybridized carbons (Fsp3) is 0.364. The highest BCUT2D eigenvalue weighted by molar-refractivity contribution is 6.01. The molecule has 2 aromatic rings. The minimum atomic E-state index is -1.04. The van der Waals surface area contributed by atoms with Gasteiger partial charge in [0, 0.05) is 18.8 Å². The number of carboxylic acids is 1. The average Bonchev–Trinajstić information content (AvgIpc) is 2.98. The van der Waals surface area contributed by atoms with Gasteiger partial charge in [0.2, 0.25) is 5.91 Å². The summed E-state index contributed by atoms with van der Waals surface area (Å²) in [4.78, 5) is 26.4. The number of nitrogens with zero attached hydrogens (tertiary/aromatic N) is 1. The third-order valence-electron chi connectivity index (χ3n) is 5.00. The highest BCUT2D eigenvalue weighted by atomic mass is 16.5. The molecule has 3 rings (SSSR count). The van der Waals surface area contributed by atoms with Crippen LogP contribution in [0, 0.1) is 0 Å². The summed E-state index contributed by atoms with van der Waals surface area (Å²) in [5, 5.41) is 12.4. The first-order valence-electron chi connectivity index (χ1n) is 9.62. The van der Waals surface area contributed by atoms with Crippen LogP contribution in [0.5, 0.6) is 5.75 Å². The van der Waals surface area contributed by atoms with E-state index in [2.05, 4.69) is 10.2 Å². The zero-order valence-electron chi connectivity index (χ0n) is 16.1. The van der Waals surface area contributed by atoms with Gasteiger partial charge in [-0.1, -0.05) is 25.0 Å². The first kappa shape index (κ1) is 19.7. The van der Waals surface area contributed by atoms with Gasteiger partial charge in [-0.3, -0.25) is 4.79 Å². The molecule has 0 aliphatic carbocycles. The first-order valence-corrected chi connectivity index (χ1v) is 9.62. The summed E-state index contributed by atoms with van der Waals surface area (Å²) < 4.78 is 5.11. The molecule has 1 fully saturated rings. The molecule has 1 aliphatic heterocycles. The van der Waals surface area contributed by atoms with Crippen molar-refractivity contribution in [3.05, 3.63) is 53.6 Å². The predicted octanol–water partition coefficient (Wildman–Crippen LogP) is 3.96. The molecular formula is C22H26N2O4. The maximum atomic E-state index is 12.4. The van der Waals surface area contributed by atoms with Gasteiger partial charge < -0.3 is 20.1 Å². The van der Waals surface area contributed by atoms with Crippen LogP contribution in [-0.4, -0.2) is 37.2 Å². The second-order valence-electron chi connectivity index (χ2n) is 7.01. The summed E-state index contributed by atoms with van der Waals surface area (Å²) in [6.07, 6.45) is 4.81. The van der Waals surface area contributed by atoms with E-state index in [1.54, 1.807) is 31.4 Å². The third-order valence-corrected chi connectivity index (χ3v) is 5.00. The van der Waals surface area contributed by atoms with Crippen molar-refractivity contribution in [3.8, 4) is 5.75 Å². The molecule has 0 unspecified atom stereocenters. The molecule has 0 spiro atoms. The second-order valence-corrected chi connectivity index (χ2v) is 7.01. The maximum Gasteiger partial charge on any atom is 0.337 e. The Morgan fingerprint density at radius 3 is 2.32 bits per heavy atom. The number of carbonyl (C=O) groups excluding carboxylic acids is 1. The van der Waals surface area contributed by atoms with Crippen molar-refractivity contribution in [3.63, 3.8) is 0 Å². The summed E-state index contributed by atoms with van der Waals surface area (Å²) in [6, 6.07) is 12.5. The summed E-state index contributed by atoms with van der Waals surface area (Å²) in [5.74, 6) is -0.576. The van der Waals surface area contributed by atoms with E-state index in [1.165, 1.54) is 12.8 Å². The molecule has 6 heteroatoms. The van der Waals surface area contributed by atoms with Crippen LogP contribution in [0.25, 0.3) is 0 Å². The molecule has 0 bridgehead atoms. The lowest BCUT2D eigenvalue weighted by Crippen LogP contribution is -2.24. The van der Waals surface area contributed by atoms with Crippen LogP contribution < -0.4 is 15.0 Å². The molecular weight excluding hydrogens is 356 g/mol. The van der Waals surface area contributed by atoms with Crippen molar-refractivity contribution in [1.82, 2.24) is 0 Å². The van der Waals surface area contributed by atoms with Crippen molar-refractivity contribution in [2.75, 3.05) is 30.4 Å². The van der Waals surface area contributed by atoms with Crippen LogP contribution >= 0.6 is 0 Å². The highest BCUT2D eigenvalue weighted by Gasteiger charge is 2.17. The molecule has 0 atom stereocenters. The topological polar surface area (TPSA) is 78.9 Å². The lowest BCUT2D eigenvalue weighted by molar-refractivity contribution is -0.115. The SMILES string of the molecule is COc1ccc(CC(=O)Nc2ccc(N3CCCCCC3)cc2C(=O)O)cc1. The van der Waals surface area contributed by atoms with E-state index in [-0.39, 0.29) is 17.9 Å². The average molecular weight is 382 g/mol. The smallest absolute Gasteiger partial charge is 0.337 e. The fourth-order valence-corrected chi connectivity index (χ4v) is 3.47. The molecule has 28 heavy (non-hydrogen) atoms. The van der Waals surface area contributed by atoms with Crippen LogP contribution in [-0.2, 0) is 11.2 Å². The van der Waals surface area contributed by atoms with E-state index in [4.69, 9.17) is 4.74 Å².